The molecule has 0 unspecified atom stereocenters. The summed E-state index contributed by atoms with van der Waals surface area (Å²) in [5, 5.41) is 11.4. The summed E-state index contributed by atoms with van der Waals surface area (Å²) in [7, 11) is 1.54. The van der Waals surface area contributed by atoms with Crippen LogP contribution in [-0.2, 0) is 6.54 Å². The van der Waals surface area contributed by atoms with E-state index in [1.807, 2.05) is 6.07 Å². The normalized spacial score (nSPS) is 22.9. The van der Waals surface area contributed by atoms with E-state index >= 15 is 0 Å². The molecule has 0 radical (unpaired) electrons. The predicted octanol–water partition coefficient (Wildman–Crippen LogP) is 1.28. The average Bonchev–Trinajstić information content (AvgIpc) is 2.57. The number of hydrogen-bond acceptors (Lipinski definition) is 5. The lowest BCUT2D eigenvalue weighted by Crippen LogP contribution is -2.36. The Labute approximate surface area is 134 Å². The summed E-state index contributed by atoms with van der Waals surface area (Å²) in [6.07, 6.45) is 3.09. The fourth-order valence-electron chi connectivity index (χ4n) is 3.30. The van der Waals surface area contributed by atoms with Crippen molar-refractivity contribution >= 4 is 11.0 Å². The number of methoxy groups -OCH3 is 1. The number of aliphatic hydroxyl groups is 1. The SMILES string of the molecule is COc1ccc2ccc(=O)n(C[C@@H](O)C3CCC(N)CC3)c2n1. The van der Waals surface area contributed by atoms with Crippen LogP contribution in [-0.4, -0.2) is 33.9 Å². The summed E-state index contributed by atoms with van der Waals surface area (Å²) in [6.45, 7) is 0.246. The highest BCUT2D eigenvalue weighted by molar-refractivity contribution is 5.75. The molecule has 1 saturated carbocycles. The van der Waals surface area contributed by atoms with E-state index in [-0.39, 0.29) is 24.1 Å². The molecule has 1 atom stereocenters. The molecular formula is C17H23N3O3. The second-order valence-electron chi connectivity index (χ2n) is 6.29. The second kappa shape index (κ2) is 6.68. The number of aliphatic hydroxyl groups excluding tert-OH is 1. The van der Waals surface area contributed by atoms with Crippen molar-refractivity contribution in [3.63, 3.8) is 0 Å². The van der Waals surface area contributed by atoms with Crippen LogP contribution in [0.5, 0.6) is 5.88 Å². The minimum absolute atomic E-state index is 0.162. The van der Waals surface area contributed by atoms with Crippen molar-refractivity contribution in [1.82, 2.24) is 9.55 Å². The lowest BCUT2D eigenvalue weighted by atomic mass is 9.83. The van der Waals surface area contributed by atoms with Crippen molar-refractivity contribution in [2.24, 2.45) is 11.7 Å². The zero-order valence-electron chi connectivity index (χ0n) is 13.3. The first-order valence-electron chi connectivity index (χ1n) is 8.06. The van der Waals surface area contributed by atoms with Crippen molar-refractivity contribution in [2.45, 2.75) is 44.4 Å². The number of aromatic nitrogens is 2. The number of hydrogen-bond donors (Lipinski definition) is 2. The summed E-state index contributed by atoms with van der Waals surface area (Å²) in [5.74, 6) is 0.637. The third-order valence-corrected chi connectivity index (χ3v) is 4.75. The van der Waals surface area contributed by atoms with E-state index in [9.17, 15) is 9.90 Å². The fourth-order valence-corrected chi connectivity index (χ4v) is 3.30. The molecule has 2 aromatic heterocycles. The molecular weight excluding hydrogens is 294 g/mol. The molecule has 6 heteroatoms. The smallest absolute Gasteiger partial charge is 0.252 e. The van der Waals surface area contributed by atoms with Gasteiger partial charge in [0.1, 0.15) is 5.65 Å². The minimum atomic E-state index is -0.571. The lowest BCUT2D eigenvalue weighted by Gasteiger charge is -2.30. The highest BCUT2D eigenvalue weighted by Gasteiger charge is 2.25. The largest absolute Gasteiger partial charge is 0.481 e. The molecule has 0 saturated heterocycles. The maximum atomic E-state index is 12.3. The maximum absolute atomic E-state index is 12.3. The Morgan fingerprint density at radius 1 is 1.30 bits per heavy atom. The molecule has 23 heavy (non-hydrogen) atoms. The van der Waals surface area contributed by atoms with Gasteiger partial charge < -0.3 is 15.6 Å². The molecule has 0 amide bonds. The molecule has 2 heterocycles. The molecule has 1 aliphatic carbocycles. The van der Waals surface area contributed by atoms with Gasteiger partial charge in [-0.05, 0) is 43.7 Å². The van der Waals surface area contributed by atoms with Gasteiger partial charge in [-0.2, -0.15) is 4.98 Å². The fraction of sp³-hybridized carbons (Fsp3) is 0.529. The molecule has 3 rings (SSSR count). The Kier molecular flexibility index (Phi) is 4.63. The highest BCUT2D eigenvalue weighted by atomic mass is 16.5. The number of ether oxygens (including phenoxy) is 1. The quantitative estimate of drug-likeness (QED) is 0.886. The Bertz CT molecular complexity index is 735. The summed E-state index contributed by atoms with van der Waals surface area (Å²) >= 11 is 0. The molecule has 0 aromatic carbocycles. The van der Waals surface area contributed by atoms with Gasteiger partial charge in [-0.25, -0.2) is 0 Å². The van der Waals surface area contributed by atoms with Gasteiger partial charge in [0.05, 0.1) is 19.8 Å². The Morgan fingerprint density at radius 3 is 2.70 bits per heavy atom. The molecule has 0 aliphatic heterocycles. The van der Waals surface area contributed by atoms with E-state index in [0.717, 1.165) is 31.1 Å². The summed E-state index contributed by atoms with van der Waals surface area (Å²) in [4.78, 5) is 16.6. The number of fused-ring (bicyclic) bond motifs is 1. The Hall–Kier alpha value is -1.92. The lowest BCUT2D eigenvalue weighted by molar-refractivity contribution is 0.0667. The van der Waals surface area contributed by atoms with E-state index in [0.29, 0.717) is 11.5 Å². The molecule has 0 bridgehead atoms. The first kappa shape index (κ1) is 16.0. The number of pyridine rings is 2. The van der Waals surface area contributed by atoms with Crippen LogP contribution in [0.3, 0.4) is 0 Å². The van der Waals surface area contributed by atoms with Gasteiger partial charge in [0.15, 0.2) is 0 Å². The summed E-state index contributed by atoms with van der Waals surface area (Å²) in [6, 6.07) is 7.12. The van der Waals surface area contributed by atoms with Gasteiger partial charge >= 0.3 is 0 Å². The van der Waals surface area contributed by atoms with E-state index in [1.54, 1.807) is 19.2 Å². The monoisotopic (exact) mass is 317 g/mol. The van der Waals surface area contributed by atoms with Gasteiger partial charge in [-0.1, -0.05) is 0 Å². The predicted molar refractivity (Wildman–Crippen MR) is 88.5 cm³/mol. The van der Waals surface area contributed by atoms with Crippen molar-refractivity contribution in [3.8, 4) is 5.88 Å². The van der Waals surface area contributed by atoms with Crippen molar-refractivity contribution in [3.05, 3.63) is 34.6 Å². The molecule has 2 aromatic rings. The van der Waals surface area contributed by atoms with Crippen molar-refractivity contribution in [2.75, 3.05) is 7.11 Å². The molecule has 6 nitrogen and oxygen atoms in total. The van der Waals surface area contributed by atoms with Crippen molar-refractivity contribution in [1.29, 1.82) is 0 Å². The van der Waals surface area contributed by atoms with Crippen LogP contribution in [0.25, 0.3) is 11.0 Å². The van der Waals surface area contributed by atoms with Gasteiger partial charge in [0.25, 0.3) is 5.56 Å². The van der Waals surface area contributed by atoms with E-state index in [2.05, 4.69) is 4.98 Å². The Balaban J connectivity index is 1.89. The zero-order chi connectivity index (χ0) is 16.4. The van der Waals surface area contributed by atoms with E-state index in [1.165, 1.54) is 10.6 Å². The number of nitrogens with zero attached hydrogens (tertiary/aromatic N) is 2. The molecule has 1 fully saturated rings. The topological polar surface area (TPSA) is 90.4 Å². The average molecular weight is 317 g/mol. The Morgan fingerprint density at radius 2 is 2.00 bits per heavy atom. The van der Waals surface area contributed by atoms with E-state index in [4.69, 9.17) is 10.5 Å². The molecule has 0 spiro atoms. The molecule has 1 aliphatic rings. The second-order valence-corrected chi connectivity index (χ2v) is 6.29. The molecule has 124 valence electrons. The maximum Gasteiger partial charge on any atom is 0.252 e. The minimum Gasteiger partial charge on any atom is -0.481 e. The number of nitrogens with two attached hydrogens (primary N) is 1. The van der Waals surface area contributed by atoms with Crippen molar-refractivity contribution < 1.29 is 9.84 Å². The first-order chi connectivity index (χ1) is 11.1. The van der Waals surface area contributed by atoms with E-state index < -0.39 is 6.10 Å². The third-order valence-electron chi connectivity index (χ3n) is 4.75. The zero-order valence-corrected chi connectivity index (χ0v) is 13.3. The van der Waals surface area contributed by atoms with Crippen LogP contribution >= 0.6 is 0 Å². The third kappa shape index (κ3) is 3.38. The van der Waals surface area contributed by atoms with Gasteiger partial charge in [0.2, 0.25) is 5.88 Å². The van der Waals surface area contributed by atoms with Gasteiger partial charge in [-0.15, -0.1) is 0 Å². The van der Waals surface area contributed by atoms with Crippen LogP contribution in [0.4, 0.5) is 0 Å². The summed E-state index contributed by atoms with van der Waals surface area (Å²) < 4.78 is 6.69. The van der Waals surface area contributed by atoms with Gasteiger partial charge in [0, 0.05) is 23.6 Å². The van der Waals surface area contributed by atoms with Gasteiger partial charge in [-0.3, -0.25) is 9.36 Å². The highest BCUT2D eigenvalue weighted by Crippen LogP contribution is 2.27. The van der Waals surface area contributed by atoms with Crippen LogP contribution in [0, 0.1) is 5.92 Å². The standard InChI is InChI=1S/C17H23N3O3/c1-23-15-8-4-12-5-9-16(22)20(17(12)19-15)10-14(21)11-2-6-13(18)7-3-11/h4-5,8-9,11,13-14,21H,2-3,6-7,10,18H2,1H3/t11?,13?,14-/m1/s1. The van der Waals surface area contributed by atoms with Crippen LogP contribution in [0.2, 0.25) is 0 Å². The molecule has 3 N–H and O–H groups in total. The first-order valence-corrected chi connectivity index (χ1v) is 8.06. The number of rotatable bonds is 4. The van der Waals surface area contributed by atoms with Crippen LogP contribution < -0.4 is 16.0 Å². The summed E-state index contributed by atoms with van der Waals surface area (Å²) in [5.41, 5.74) is 6.30. The van der Waals surface area contributed by atoms with Crippen LogP contribution in [0.1, 0.15) is 25.7 Å². The van der Waals surface area contributed by atoms with Crippen LogP contribution in [0.15, 0.2) is 29.1 Å².